The first-order chi connectivity index (χ1) is 18.3. The molecule has 39 heavy (non-hydrogen) atoms. The molecule has 3 atom stereocenters. The summed E-state index contributed by atoms with van der Waals surface area (Å²) in [5, 5.41) is 15.2. The van der Waals surface area contributed by atoms with Gasteiger partial charge >= 0.3 is 0 Å². The molecular formula is C28H43FN6O4. The second-order valence-electron chi connectivity index (χ2n) is 11.4. The number of hydrogen-bond acceptors (Lipinski definition) is 5. The maximum Gasteiger partial charge on any atom is 0.251 e. The van der Waals surface area contributed by atoms with Gasteiger partial charge in [0.05, 0.1) is 6.04 Å². The molecule has 1 aliphatic heterocycles. The average Bonchev–Trinajstić information content (AvgIpc) is 3.37. The number of carbonyl (C=O) groups excluding carboxylic acids is 4. The molecule has 216 valence electrons. The van der Waals surface area contributed by atoms with Crippen molar-refractivity contribution in [1.82, 2.24) is 20.9 Å². The number of guanidine groups is 1. The largest absolute Gasteiger partial charge is 0.370 e. The molecule has 11 heteroatoms. The third-order valence-corrected chi connectivity index (χ3v) is 6.89. The first kappa shape index (κ1) is 31.7. The highest BCUT2D eigenvalue weighted by molar-refractivity contribution is 5.99. The maximum atomic E-state index is 13.6. The summed E-state index contributed by atoms with van der Waals surface area (Å²) in [6, 6.07) is 4.53. The number of benzene rings is 1. The third-order valence-electron chi connectivity index (χ3n) is 6.89. The fourth-order valence-corrected chi connectivity index (χ4v) is 4.55. The molecule has 0 bridgehead atoms. The summed E-state index contributed by atoms with van der Waals surface area (Å²) in [5.74, 6) is -2.50. The number of rotatable bonds is 12. The zero-order valence-electron chi connectivity index (χ0n) is 23.6. The number of nitrogens with one attached hydrogen (secondary N) is 4. The number of Topliss-reactive ketones (excluding diaryl/α,β-unsaturated/α-hetero) is 1. The predicted molar refractivity (Wildman–Crippen MR) is 148 cm³/mol. The van der Waals surface area contributed by atoms with Crippen molar-refractivity contribution in [1.29, 1.82) is 5.41 Å². The molecule has 1 heterocycles. The lowest BCUT2D eigenvalue weighted by Crippen LogP contribution is -2.56. The Morgan fingerprint density at radius 3 is 2.31 bits per heavy atom. The molecule has 1 aromatic carbocycles. The van der Waals surface area contributed by atoms with Crippen molar-refractivity contribution >= 4 is 29.5 Å². The second-order valence-corrected chi connectivity index (χ2v) is 11.4. The van der Waals surface area contributed by atoms with Gasteiger partial charge in [0.1, 0.15) is 18.8 Å². The smallest absolute Gasteiger partial charge is 0.251 e. The molecule has 0 saturated carbocycles. The van der Waals surface area contributed by atoms with Crippen molar-refractivity contribution < 1.29 is 23.6 Å². The lowest BCUT2D eigenvalue weighted by molar-refractivity contribution is -0.141. The molecule has 2 rings (SSSR count). The van der Waals surface area contributed by atoms with Crippen LogP contribution in [-0.2, 0) is 19.8 Å². The minimum absolute atomic E-state index is 0.0595. The number of likely N-dealkylation sites (tertiary alicyclic amines) is 1. The summed E-state index contributed by atoms with van der Waals surface area (Å²) in [6.07, 6.45) is 1.52. The van der Waals surface area contributed by atoms with Crippen molar-refractivity contribution in [2.75, 3.05) is 19.8 Å². The van der Waals surface area contributed by atoms with E-state index in [-0.39, 0.29) is 35.5 Å². The first-order valence-electron chi connectivity index (χ1n) is 13.4. The Bertz CT molecular complexity index is 1040. The van der Waals surface area contributed by atoms with Crippen LogP contribution in [0.5, 0.6) is 0 Å². The molecule has 0 spiro atoms. The lowest BCUT2D eigenvalue weighted by atomic mass is 9.86. The van der Waals surface area contributed by atoms with Crippen LogP contribution in [0.2, 0.25) is 0 Å². The molecular weight excluding hydrogens is 503 g/mol. The number of amides is 3. The highest BCUT2D eigenvalue weighted by Gasteiger charge is 2.39. The van der Waals surface area contributed by atoms with Crippen molar-refractivity contribution in [2.24, 2.45) is 11.7 Å². The fourth-order valence-electron chi connectivity index (χ4n) is 4.55. The van der Waals surface area contributed by atoms with Crippen molar-refractivity contribution in [3.63, 3.8) is 0 Å². The molecule has 1 aliphatic rings. The van der Waals surface area contributed by atoms with Gasteiger partial charge in [-0.15, -0.1) is 0 Å². The zero-order chi connectivity index (χ0) is 29.3. The van der Waals surface area contributed by atoms with Crippen LogP contribution in [0.1, 0.15) is 76.2 Å². The molecule has 0 aliphatic carbocycles. The summed E-state index contributed by atoms with van der Waals surface area (Å²) in [5.41, 5.74) is 6.70. The topological polar surface area (TPSA) is 157 Å². The van der Waals surface area contributed by atoms with Gasteiger partial charge in [0, 0.05) is 18.7 Å². The summed E-state index contributed by atoms with van der Waals surface area (Å²) in [7, 11) is 0. The molecule has 0 unspecified atom stereocenters. The van der Waals surface area contributed by atoms with Gasteiger partial charge in [-0.25, -0.2) is 4.39 Å². The van der Waals surface area contributed by atoms with Crippen molar-refractivity contribution in [3.05, 3.63) is 35.4 Å². The SMILES string of the molecule is CC(C)[C@H](NC(=O)c1ccc(C(C)(C)C)cc1)C(=O)N1CCC[C@H]1C(=O)N[C@H](CCCNC(=N)N)C(=O)CF. The van der Waals surface area contributed by atoms with Gasteiger partial charge in [0.15, 0.2) is 11.7 Å². The van der Waals surface area contributed by atoms with Crippen LogP contribution in [0.25, 0.3) is 0 Å². The Morgan fingerprint density at radius 2 is 1.77 bits per heavy atom. The minimum Gasteiger partial charge on any atom is -0.370 e. The fraction of sp³-hybridized carbons (Fsp3) is 0.607. The van der Waals surface area contributed by atoms with Crippen LogP contribution >= 0.6 is 0 Å². The quantitative estimate of drug-likeness (QED) is 0.153. The number of alkyl halides is 1. The highest BCUT2D eigenvalue weighted by atomic mass is 19.1. The van der Waals surface area contributed by atoms with Gasteiger partial charge in [0.2, 0.25) is 11.8 Å². The summed E-state index contributed by atoms with van der Waals surface area (Å²) in [4.78, 5) is 53.3. The van der Waals surface area contributed by atoms with Crippen LogP contribution in [0.15, 0.2) is 24.3 Å². The monoisotopic (exact) mass is 546 g/mol. The minimum atomic E-state index is -1.23. The molecule has 1 aromatic rings. The number of hydrogen-bond donors (Lipinski definition) is 5. The summed E-state index contributed by atoms with van der Waals surface area (Å²) < 4.78 is 13.2. The number of nitrogens with two attached hydrogens (primary N) is 1. The van der Waals surface area contributed by atoms with E-state index in [4.69, 9.17) is 11.1 Å². The highest BCUT2D eigenvalue weighted by Crippen LogP contribution is 2.23. The number of carbonyl (C=O) groups is 4. The van der Waals surface area contributed by atoms with Gasteiger partial charge in [0.25, 0.3) is 5.91 Å². The summed E-state index contributed by atoms with van der Waals surface area (Å²) in [6.45, 7) is 9.30. The number of halogens is 1. The van der Waals surface area contributed by atoms with Gasteiger partial charge in [-0.05, 0) is 54.7 Å². The van der Waals surface area contributed by atoms with Crippen LogP contribution in [0.4, 0.5) is 4.39 Å². The van der Waals surface area contributed by atoms with E-state index < -0.39 is 36.5 Å². The Hall–Kier alpha value is -3.50. The first-order valence-corrected chi connectivity index (χ1v) is 13.4. The third kappa shape index (κ3) is 9.04. The lowest BCUT2D eigenvalue weighted by Gasteiger charge is -2.31. The number of nitrogens with zero attached hydrogens (tertiary/aromatic N) is 1. The van der Waals surface area contributed by atoms with E-state index in [0.29, 0.717) is 37.9 Å². The molecule has 0 aromatic heterocycles. The van der Waals surface area contributed by atoms with Crippen LogP contribution in [0, 0.1) is 11.3 Å². The van der Waals surface area contributed by atoms with Crippen LogP contribution < -0.4 is 21.7 Å². The Balaban J connectivity index is 2.10. The molecule has 6 N–H and O–H groups in total. The number of ketones is 1. The van der Waals surface area contributed by atoms with E-state index >= 15 is 0 Å². The molecule has 1 fully saturated rings. The Kier molecular flexibility index (Phi) is 11.4. The maximum absolute atomic E-state index is 13.6. The van der Waals surface area contributed by atoms with E-state index in [9.17, 15) is 23.6 Å². The predicted octanol–water partition coefficient (Wildman–Crippen LogP) is 2.02. The second kappa shape index (κ2) is 14.0. The standard InChI is InChI=1S/C28H43FN6O4/c1-17(2)23(34-24(37)18-10-12-19(13-11-18)28(3,4)5)26(39)35-15-7-9-21(35)25(38)33-20(22(36)16-29)8-6-14-32-27(30)31/h10-13,17,20-21,23H,6-9,14-16H2,1-5H3,(H,33,38)(H,34,37)(H4,30,31,32)/t20-,21+,23+/m1/s1. The van der Waals surface area contributed by atoms with Gasteiger partial charge in [-0.1, -0.05) is 46.8 Å². The van der Waals surface area contributed by atoms with Crippen molar-refractivity contribution in [2.45, 2.75) is 83.8 Å². The molecule has 10 nitrogen and oxygen atoms in total. The van der Waals surface area contributed by atoms with E-state index in [1.54, 1.807) is 12.1 Å². The van der Waals surface area contributed by atoms with E-state index in [2.05, 4.69) is 36.7 Å². The Labute approximate surface area is 230 Å². The zero-order valence-corrected chi connectivity index (χ0v) is 23.6. The van der Waals surface area contributed by atoms with Crippen LogP contribution in [-0.4, -0.2) is 72.3 Å². The van der Waals surface area contributed by atoms with E-state index in [1.165, 1.54) is 4.90 Å². The van der Waals surface area contributed by atoms with Gasteiger partial charge < -0.3 is 26.6 Å². The normalized spacial score (nSPS) is 16.9. The average molecular weight is 547 g/mol. The van der Waals surface area contributed by atoms with Crippen molar-refractivity contribution in [3.8, 4) is 0 Å². The van der Waals surface area contributed by atoms with E-state index in [1.807, 2.05) is 26.0 Å². The molecule has 0 radical (unpaired) electrons. The molecule has 3 amide bonds. The van der Waals surface area contributed by atoms with Crippen LogP contribution in [0.3, 0.4) is 0 Å². The Morgan fingerprint density at radius 1 is 1.13 bits per heavy atom. The molecule has 1 saturated heterocycles. The van der Waals surface area contributed by atoms with Gasteiger partial charge in [-0.3, -0.25) is 24.6 Å². The van der Waals surface area contributed by atoms with E-state index in [0.717, 1.165) is 5.56 Å². The van der Waals surface area contributed by atoms with Gasteiger partial charge in [-0.2, -0.15) is 0 Å². The summed E-state index contributed by atoms with van der Waals surface area (Å²) >= 11 is 0.